The summed E-state index contributed by atoms with van der Waals surface area (Å²) >= 11 is 6.79. The topological polar surface area (TPSA) is 121 Å². The molecule has 0 spiro atoms. The van der Waals surface area contributed by atoms with E-state index in [1.54, 1.807) is 17.0 Å². The van der Waals surface area contributed by atoms with Crippen molar-refractivity contribution in [1.29, 1.82) is 0 Å². The molecule has 7 rings (SSSR count). The number of anilines is 1. The summed E-state index contributed by atoms with van der Waals surface area (Å²) in [7, 11) is 0. The van der Waals surface area contributed by atoms with E-state index in [-0.39, 0.29) is 36.2 Å². The molecule has 5 amide bonds. The number of nitrogens with one attached hydrogen (secondary N) is 3. The van der Waals surface area contributed by atoms with E-state index in [9.17, 15) is 19.5 Å². The van der Waals surface area contributed by atoms with Gasteiger partial charge in [0.2, 0.25) is 5.91 Å². The molecule has 1 fully saturated rings. The Bertz CT molecular complexity index is 1810. The number of fused-ring (bicyclic) bond motifs is 4. The van der Waals surface area contributed by atoms with Gasteiger partial charge in [0.15, 0.2) is 0 Å². The summed E-state index contributed by atoms with van der Waals surface area (Å²) in [5, 5.41) is 17.4. The molecule has 1 saturated heterocycles. The highest BCUT2D eigenvalue weighted by atomic mass is 79.9. The van der Waals surface area contributed by atoms with Gasteiger partial charge in [-0.15, -0.1) is 0 Å². The molecule has 1 atom stereocenters. The maximum atomic E-state index is 14.2. The second kappa shape index (κ2) is 12.6. The van der Waals surface area contributed by atoms with Gasteiger partial charge in [0.1, 0.15) is 11.8 Å². The number of carbonyl (C=O) groups excluding carboxylic acids is 3. The largest absolute Gasteiger partial charge is 0.506 e. The fraction of sp³-hybridized carbons (Fsp3) is 0.324. The quantitative estimate of drug-likeness (QED) is 0.197. The van der Waals surface area contributed by atoms with Gasteiger partial charge in [0.25, 0.3) is 0 Å². The molecular weight excluding hydrogens is 716 g/mol. The maximum Gasteiger partial charge on any atom is 0.322 e. The third-order valence-corrected chi connectivity index (χ3v) is 10.6. The molecule has 238 valence electrons. The molecule has 4 N–H and O–H groups in total. The summed E-state index contributed by atoms with van der Waals surface area (Å²) in [4.78, 5) is 49.7. The Morgan fingerprint density at radius 3 is 2.46 bits per heavy atom. The first kappa shape index (κ1) is 30.6. The van der Waals surface area contributed by atoms with Crippen LogP contribution in [-0.2, 0) is 30.7 Å². The molecule has 0 saturated carbocycles. The second-order valence-electron chi connectivity index (χ2n) is 12.2. The number of phenolic OH excluding ortho intramolecular Hbond substituents is 1. The van der Waals surface area contributed by atoms with Crippen LogP contribution in [0.4, 0.5) is 15.3 Å². The van der Waals surface area contributed by atoms with Crippen LogP contribution >= 0.6 is 31.9 Å². The van der Waals surface area contributed by atoms with Crippen molar-refractivity contribution in [2.45, 2.75) is 50.9 Å². The number of para-hydroxylation sites is 2. The number of piperidine rings is 1. The summed E-state index contributed by atoms with van der Waals surface area (Å²) in [5.41, 5.74) is 6.02. The van der Waals surface area contributed by atoms with E-state index in [4.69, 9.17) is 0 Å². The summed E-state index contributed by atoms with van der Waals surface area (Å²) in [6.45, 7) is 2.49. The van der Waals surface area contributed by atoms with Gasteiger partial charge in [-0.1, -0.05) is 36.4 Å². The lowest BCUT2D eigenvalue weighted by atomic mass is 10.00. The average molecular weight is 750 g/mol. The molecular formula is C34H34Br2N6O4. The maximum absolute atomic E-state index is 14.2. The number of nitrogens with zero attached hydrogens (tertiary/aromatic N) is 3. The van der Waals surface area contributed by atoms with Crippen molar-refractivity contribution < 1.29 is 19.5 Å². The average Bonchev–Trinajstić information content (AvgIpc) is 3.44. The molecule has 4 heterocycles. The summed E-state index contributed by atoms with van der Waals surface area (Å²) in [5.74, 6) is -0.0737. The SMILES string of the molecule is O=C(N[C@H](Cc1cc(Br)c(O)c(Br)c1)C(=O)N1CCc2[nH]c3ccccc3c2C1)N1CCC(N2Cc3ccccc3NC2=O)CC1. The number of phenols is 1. The Balaban J connectivity index is 1.06. The number of halogens is 2. The van der Waals surface area contributed by atoms with Crippen LogP contribution in [0.5, 0.6) is 5.75 Å². The monoisotopic (exact) mass is 748 g/mol. The van der Waals surface area contributed by atoms with Gasteiger partial charge in [-0.3, -0.25) is 4.79 Å². The number of amides is 5. The molecule has 0 unspecified atom stereocenters. The third kappa shape index (κ3) is 5.95. The zero-order valence-corrected chi connectivity index (χ0v) is 28.2. The van der Waals surface area contributed by atoms with Crippen molar-refractivity contribution in [3.8, 4) is 5.75 Å². The van der Waals surface area contributed by atoms with Crippen LogP contribution in [0.1, 0.15) is 35.2 Å². The Kier molecular flexibility index (Phi) is 8.41. The highest BCUT2D eigenvalue weighted by Crippen LogP contribution is 2.34. The third-order valence-electron chi connectivity index (χ3n) is 9.36. The number of carbonyl (C=O) groups is 3. The number of aromatic hydroxyl groups is 1. The van der Waals surface area contributed by atoms with Crippen LogP contribution in [-0.4, -0.2) is 74.5 Å². The minimum Gasteiger partial charge on any atom is -0.506 e. The molecule has 0 aliphatic carbocycles. The van der Waals surface area contributed by atoms with Crippen LogP contribution in [0.15, 0.2) is 69.6 Å². The van der Waals surface area contributed by atoms with Crippen LogP contribution < -0.4 is 10.6 Å². The number of rotatable bonds is 5. The van der Waals surface area contributed by atoms with Crippen molar-refractivity contribution in [1.82, 2.24) is 25.0 Å². The second-order valence-corrected chi connectivity index (χ2v) is 13.9. The Morgan fingerprint density at radius 2 is 1.67 bits per heavy atom. The summed E-state index contributed by atoms with van der Waals surface area (Å²) in [6.07, 6.45) is 2.25. The number of aromatic amines is 1. The number of urea groups is 2. The minimum absolute atomic E-state index is 0.0141. The van der Waals surface area contributed by atoms with Crippen molar-refractivity contribution in [2.24, 2.45) is 0 Å². The van der Waals surface area contributed by atoms with Crippen molar-refractivity contribution >= 4 is 66.4 Å². The van der Waals surface area contributed by atoms with E-state index in [0.29, 0.717) is 60.9 Å². The van der Waals surface area contributed by atoms with E-state index in [0.717, 1.165) is 39.0 Å². The van der Waals surface area contributed by atoms with E-state index in [1.165, 1.54) is 0 Å². The number of likely N-dealkylation sites (tertiary alicyclic amines) is 1. The molecule has 12 heteroatoms. The first-order valence-electron chi connectivity index (χ1n) is 15.5. The normalized spacial score (nSPS) is 17.3. The van der Waals surface area contributed by atoms with Crippen molar-refractivity contribution in [3.63, 3.8) is 0 Å². The van der Waals surface area contributed by atoms with Gasteiger partial charge in [0, 0.05) is 79.5 Å². The zero-order valence-electron chi connectivity index (χ0n) is 25.1. The highest BCUT2D eigenvalue weighted by Gasteiger charge is 2.35. The van der Waals surface area contributed by atoms with Gasteiger partial charge in [0.05, 0.1) is 8.95 Å². The molecule has 3 aliphatic heterocycles. The molecule has 3 aliphatic rings. The number of hydrogen-bond acceptors (Lipinski definition) is 4. The van der Waals surface area contributed by atoms with E-state index in [1.807, 2.05) is 52.3 Å². The van der Waals surface area contributed by atoms with Gasteiger partial charge in [-0.25, -0.2) is 9.59 Å². The van der Waals surface area contributed by atoms with E-state index >= 15 is 0 Å². The fourth-order valence-corrected chi connectivity index (χ4v) is 8.17. The lowest BCUT2D eigenvalue weighted by Crippen LogP contribution is -2.56. The summed E-state index contributed by atoms with van der Waals surface area (Å²) < 4.78 is 1.00. The fourth-order valence-electron chi connectivity index (χ4n) is 6.88. The number of benzene rings is 3. The van der Waals surface area contributed by atoms with Gasteiger partial charge in [-0.2, -0.15) is 0 Å². The Hall–Kier alpha value is -4.03. The number of H-pyrrole nitrogens is 1. The number of hydrogen-bond donors (Lipinski definition) is 4. The van der Waals surface area contributed by atoms with E-state index < -0.39 is 6.04 Å². The Morgan fingerprint density at radius 1 is 0.957 bits per heavy atom. The predicted octanol–water partition coefficient (Wildman–Crippen LogP) is 6.12. The lowest BCUT2D eigenvalue weighted by molar-refractivity contribution is -0.134. The molecule has 10 nitrogen and oxygen atoms in total. The first-order chi connectivity index (χ1) is 22.2. The van der Waals surface area contributed by atoms with Gasteiger partial charge in [-0.05, 0) is 80.1 Å². The zero-order chi connectivity index (χ0) is 31.9. The van der Waals surface area contributed by atoms with Crippen LogP contribution in [0.25, 0.3) is 10.9 Å². The van der Waals surface area contributed by atoms with Crippen LogP contribution in [0.3, 0.4) is 0 Å². The summed E-state index contributed by atoms with van der Waals surface area (Å²) in [6, 6.07) is 18.3. The molecule has 0 bridgehead atoms. The first-order valence-corrected chi connectivity index (χ1v) is 17.1. The standard InChI is InChI=1S/C34H34Br2N6O4/c35-25-15-20(16-26(36)31(25)43)17-30(32(44)41-14-11-29-24(19-41)23-6-2-4-8-28(23)37-29)39-33(45)40-12-9-22(10-13-40)42-18-21-5-1-3-7-27(21)38-34(42)46/h1-8,15-16,22,30,37,43H,9-14,17-19H2,(H,38,46)(H,39,45)/t30-/m1/s1. The molecule has 0 radical (unpaired) electrons. The minimum atomic E-state index is -0.815. The van der Waals surface area contributed by atoms with Crippen molar-refractivity contribution in [2.75, 3.05) is 25.0 Å². The number of aromatic nitrogens is 1. The molecule has 1 aromatic heterocycles. The van der Waals surface area contributed by atoms with Crippen LogP contribution in [0.2, 0.25) is 0 Å². The van der Waals surface area contributed by atoms with E-state index in [2.05, 4.69) is 53.5 Å². The van der Waals surface area contributed by atoms with Crippen molar-refractivity contribution in [3.05, 3.63) is 92.0 Å². The molecule has 3 aromatic carbocycles. The lowest BCUT2D eigenvalue weighted by Gasteiger charge is -2.41. The molecule has 4 aromatic rings. The Labute approximate surface area is 283 Å². The smallest absolute Gasteiger partial charge is 0.322 e. The van der Waals surface area contributed by atoms with Gasteiger partial charge >= 0.3 is 12.1 Å². The molecule has 46 heavy (non-hydrogen) atoms. The predicted molar refractivity (Wildman–Crippen MR) is 183 cm³/mol. The highest BCUT2D eigenvalue weighted by molar-refractivity contribution is 9.11. The van der Waals surface area contributed by atoms with Gasteiger partial charge < -0.3 is 35.4 Å². The van der Waals surface area contributed by atoms with Crippen LogP contribution in [0, 0.1) is 0 Å².